The van der Waals surface area contributed by atoms with E-state index in [2.05, 4.69) is 53.8 Å². The number of para-hydroxylation sites is 1. The second-order valence-corrected chi connectivity index (χ2v) is 7.60. The molecule has 0 saturated carbocycles. The molecule has 1 N–H and O–H groups in total. The Morgan fingerprint density at radius 2 is 1.62 bits per heavy atom. The predicted octanol–water partition coefficient (Wildman–Crippen LogP) is 3.43. The molecule has 0 spiro atoms. The van der Waals surface area contributed by atoms with Gasteiger partial charge in [-0.3, -0.25) is 0 Å². The van der Waals surface area contributed by atoms with E-state index in [-0.39, 0.29) is 6.04 Å². The zero-order chi connectivity index (χ0) is 20.2. The van der Waals surface area contributed by atoms with Gasteiger partial charge in [0.25, 0.3) is 0 Å². The molecule has 2 atom stereocenters. The van der Waals surface area contributed by atoms with E-state index in [1.807, 2.05) is 59.3 Å². The normalized spacial score (nSPS) is 13.2. The van der Waals surface area contributed by atoms with Crippen LogP contribution in [0, 0.1) is 6.92 Å². The lowest BCUT2D eigenvalue weighted by molar-refractivity contribution is -0.920. The van der Waals surface area contributed by atoms with Gasteiger partial charge in [0.15, 0.2) is 6.04 Å². The minimum atomic E-state index is -0.0536. The van der Waals surface area contributed by atoms with Gasteiger partial charge in [0.1, 0.15) is 6.54 Å². The van der Waals surface area contributed by atoms with Crippen LogP contribution in [0.25, 0.3) is 5.69 Å². The molecule has 0 bridgehead atoms. The molecule has 1 unspecified atom stereocenters. The second kappa shape index (κ2) is 8.55. The molecular weight excluding hydrogens is 382 g/mol. The highest BCUT2D eigenvalue weighted by Gasteiger charge is 2.30. The van der Waals surface area contributed by atoms with Gasteiger partial charge in [-0.1, -0.05) is 78.3 Å². The number of hydrogen-bond donors (Lipinski definition) is 1. The average molecular weight is 405 g/mol. The highest BCUT2D eigenvalue weighted by atomic mass is 35.5. The summed E-state index contributed by atoms with van der Waals surface area (Å²) in [6.07, 6.45) is 0. The molecule has 0 radical (unpaired) electrons. The molecule has 4 rings (SSSR count). The summed E-state index contributed by atoms with van der Waals surface area (Å²) in [7, 11) is 2.15. The molecule has 146 valence electrons. The fraction of sp³-hybridized carbons (Fsp3) is 0.174. The molecule has 1 aromatic heterocycles. The molecule has 1 heterocycles. The van der Waals surface area contributed by atoms with Crippen LogP contribution in [0.4, 0.5) is 0 Å². The number of nitrogens with one attached hydrogen (secondary N) is 1. The van der Waals surface area contributed by atoms with Crippen LogP contribution >= 0.6 is 11.6 Å². The highest BCUT2D eigenvalue weighted by Crippen LogP contribution is 2.22. The van der Waals surface area contributed by atoms with E-state index < -0.39 is 0 Å². The first kappa shape index (κ1) is 19.3. The van der Waals surface area contributed by atoms with Gasteiger partial charge in [-0.2, -0.15) is 4.68 Å². The summed E-state index contributed by atoms with van der Waals surface area (Å²) >= 11 is 6.43. The molecule has 0 aliphatic rings. The Labute approximate surface area is 175 Å². The van der Waals surface area contributed by atoms with E-state index in [1.54, 1.807) is 0 Å². The van der Waals surface area contributed by atoms with Gasteiger partial charge in [-0.05, 0) is 35.0 Å². The van der Waals surface area contributed by atoms with Crippen molar-refractivity contribution < 1.29 is 4.90 Å². The Hall–Kier alpha value is -3.02. The van der Waals surface area contributed by atoms with Crippen LogP contribution in [-0.2, 0) is 6.54 Å². The summed E-state index contributed by atoms with van der Waals surface area (Å²) < 4.78 is 1.85. The van der Waals surface area contributed by atoms with Crippen molar-refractivity contribution in [2.75, 3.05) is 7.05 Å². The number of aryl methyl sites for hydroxylation is 1. The number of benzene rings is 3. The topological polar surface area (TPSA) is 48.0 Å². The van der Waals surface area contributed by atoms with Crippen molar-refractivity contribution in [1.29, 1.82) is 0 Å². The summed E-state index contributed by atoms with van der Waals surface area (Å²) in [5, 5.41) is 13.6. The third-order valence-electron chi connectivity index (χ3n) is 5.15. The molecule has 0 saturated heterocycles. The Morgan fingerprint density at radius 3 is 2.38 bits per heavy atom. The molecule has 5 nitrogen and oxygen atoms in total. The van der Waals surface area contributed by atoms with E-state index in [1.165, 1.54) is 4.90 Å². The molecule has 4 aromatic rings. The lowest BCUT2D eigenvalue weighted by Crippen LogP contribution is -3.08. The third kappa shape index (κ3) is 4.06. The molecule has 29 heavy (non-hydrogen) atoms. The number of nitrogens with zero attached hydrogens (tertiary/aromatic N) is 4. The van der Waals surface area contributed by atoms with Crippen molar-refractivity contribution in [2.24, 2.45) is 0 Å². The van der Waals surface area contributed by atoms with Crippen LogP contribution in [0.15, 0.2) is 78.9 Å². The van der Waals surface area contributed by atoms with E-state index in [0.717, 1.165) is 39.8 Å². The number of rotatable bonds is 6. The van der Waals surface area contributed by atoms with Gasteiger partial charge in [-0.25, -0.2) is 0 Å². The summed E-state index contributed by atoms with van der Waals surface area (Å²) in [6, 6.07) is 26.4. The van der Waals surface area contributed by atoms with Gasteiger partial charge >= 0.3 is 0 Å². The van der Waals surface area contributed by atoms with E-state index in [4.69, 9.17) is 11.6 Å². The quantitative estimate of drug-likeness (QED) is 0.535. The number of quaternary nitrogens is 1. The van der Waals surface area contributed by atoms with Crippen LogP contribution in [-0.4, -0.2) is 27.3 Å². The molecule has 0 aliphatic heterocycles. The SMILES string of the molecule is Cc1ccccc1-n1nnnc1[C@@H](c1ccccc1)[NH+](C)Cc1ccccc1Cl. The first-order valence-electron chi connectivity index (χ1n) is 9.60. The van der Waals surface area contributed by atoms with Gasteiger partial charge in [-0.15, -0.1) is 5.10 Å². The number of halogens is 1. The molecule has 0 amide bonds. The Kier molecular flexibility index (Phi) is 5.69. The first-order valence-corrected chi connectivity index (χ1v) is 9.98. The van der Waals surface area contributed by atoms with E-state index in [0.29, 0.717) is 0 Å². The summed E-state index contributed by atoms with van der Waals surface area (Å²) in [5.74, 6) is 0.801. The molecular formula is C23H23ClN5+. The standard InChI is InChI=1S/C23H22ClN5/c1-17-10-6-9-15-21(17)29-23(25-26-27-29)22(18-11-4-3-5-12-18)28(2)16-19-13-7-8-14-20(19)24/h3-15,22H,16H2,1-2H3/p+1/t22-/m1/s1. The fourth-order valence-electron chi connectivity index (χ4n) is 3.69. The Bertz CT molecular complexity index is 1090. The van der Waals surface area contributed by atoms with E-state index in [9.17, 15) is 0 Å². The maximum absolute atomic E-state index is 6.43. The zero-order valence-corrected chi connectivity index (χ0v) is 17.2. The molecule has 0 aliphatic carbocycles. The van der Waals surface area contributed by atoms with Crippen molar-refractivity contribution in [1.82, 2.24) is 20.2 Å². The van der Waals surface area contributed by atoms with Crippen LogP contribution in [0.2, 0.25) is 5.02 Å². The van der Waals surface area contributed by atoms with Gasteiger partial charge in [0, 0.05) is 16.1 Å². The monoisotopic (exact) mass is 404 g/mol. The number of tetrazole rings is 1. The lowest BCUT2D eigenvalue weighted by atomic mass is 10.0. The summed E-state index contributed by atoms with van der Waals surface area (Å²) in [6.45, 7) is 2.82. The summed E-state index contributed by atoms with van der Waals surface area (Å²) in [4.78, 5) is 1.23. The van der Waals surface area contributed by atoms with Crippen molar-refractivity contribution in [3.05, 3.63) is 106 Å². The molecule has 6 heteroatoms. The zero-order valence-electron chi connectivity index (χ0n) is 16.5. The molecule has 3 aromatic carbocycles. The Morgan fingerprint density at radius 1 is 0.931 bits per heavy atom. The minimum Gasteiger partial charge on any atom is -0.321 e. The van der Waals surface area contributed by atoms with Gasteiger partial charge < -0.3 is 4.90 Å². The van der Waals surface area contributed by atoms with Crippen molar-refractivity contribution in [3.8, 4) is 5.69 Å². The fourth-order valence-corrected chi connectivity index (χ4v) is 3.89. The van der Waals surface area contributed by atoms with Crippen LogP contribution < -0.4 is 4.90 Å². The first-order chi connectivity index (χ1) is 14.1. The smallest absolute Gasteiger partial charge is 0.218 e. The van der Waals surface area contributed by atoms with Crippen molar-refractivity contribution >= 4 is 11.6 Å². The average Bonchev–Trinajstić information content (AvgIpc) is 3.20. The largest absolute Gasteiger partial charge is 0.321 e. The van der Waals surface area contributed by atoms with Crippen molar-refractivity contribution in [2.45, 2.75) is 19.5 Å². The van der Waals surface area contributed by atoms with Crippen LogP contribution in [0.3, 0.4) is 0 Å². The predicted molar refractivity (Wildman–Crippen MR) is 114 cm³/mol. The van der Waals surface area contributed by atoms with Crippen molar-refractivity contribution in [3.63, 3.8) is 0 Å². The number of hydrogen-bond acceptors (Lipinski definition) is 3. The lowest BCUT2D eigenvalue weighted by Gasteiger charge is -2.25. The summed E-state index contributed by atoms with van der Waals surface area (Å²) in [5.41, 5.74) is 4.36. The number of aromatic nitrogens is 4. The second-order valence-electron chi connectivity index (χ2n) is 7.19. The van der Waals surface area contributed by atoms with Crippen LogP contribution in [0.1, 0.15) is 28.6 Å². The molecule has 0 fully saturated rings. The van der Waals surface area contributed by atoms with Gasteiger partial charge in [0.2, 0.25) is 5.82 Å². The third-order valence-corrected chi connectivity index (χ3v) is 5.52. The van der Waals surface area contributed by atoms with Crippen LogP contribution in [0.5, 0.6) is 0 Å². The minimum absolute atomic E-state index is 0.0536. The van der Waals surface area contributed by atoms with Gasteiger partial charge in [0.05, 0.1) is 12.7 Å². The Balaban J connectivity index is 1.78. The maximum atomic E-state index is 6.43. The maximum Gasteiger partial charge on any atom is 0.218 e. The highest BCUT2D eigenvalue weighted by molar-refractivity contribution is 6.31. The van der Waals surface area contributed by atoms with E-state index >= 15 is 0 Å².